The average molecular weight is 385 g/mol. The van der Waals surface area contributed by atoms with Crippen LogP contribution in [0.25, 0.3) is 11.3 Å². The second-order valence-electron chi connectivity index (χ2n) is 6.00. The number of carboxylic acid groups (broad SMARTS) is 1. The van der Waals surface area contributed by atoms with Crippen LogP contribution in [0.5, 0.6) is 0 Å². The zero-order chi connectivity index (χ0) is 19.4. The predicted molar refractivity (Wildman–Crippen MR) is 101 cm³/mol. The van der Waals surface area contributed by atoms with Crippen LogP contribution < -0.4 is 5.32 Å². The summed E-state index contributed by atoms with van der Waals surface area (Å²) in [5, 5.41) is 16.4. The van der Waals surface area contributed by atoms with Gasteiger partial charge in [0.2, 0.25) is 0 Å². The van der Waals surface area contributed by atoms with E-state index in [2.05, 4.69) is 10.5 Å². The molecule has 1 heterocycles. The third-order valence-corrected chi connectivity index (χ3v) is 4.43. The molecule has 3 aromatic rings. The van der Waals surface area contributed by atoms with Gasteiger partial charge in [-0.3, -0.25) is 4.79 Å². The Hall–Kier alpha value is -3.12. The number of carboxylic acids is 1. The summed E-state index contributed by atoms with van der Waals surface area (Å²) in [4.78, 5) is 24.4. The first-order valence-electron chi connectivity index (χ1n) is 8.26. The van der Waals surface area contributed by atoms with Crippen molar-refractivity contribution in [3.8, 4) is 11.3 Å². The highest BCUT2D eigenvalue weighted by Gasteiger charge is 2.27. The van der Waals surface area contributed by atoms with E-state index in [-0.39, 0.29) is 23.4 Å². The molecule has 1 aromatic heterocycles. The van der Waals surface area contributed by atoms with Gasteiger partial charge < -0.3 is 14.9 Å². The smallest absolute Gasteiger partial charge is 0.326 e. The summed E-state index contributed by atoms with van der Waals surface area (Å²) in [6.45, 7) is 1.59. The van der Waals surface area contributed by atoms with Crippen molar-refractivity contribution in [1.29, 1.82) is 0 Å². The van der Waals surface area contributed by atoms with Crippen LogP contribution in [0.3, 0.4) is 0 Å². The molecule has 0 fully saturated rings. The highest BCUT2D eigenvalue weighted by Crippen LogP contribution is 2.31. The Morgan fingerprint density at radius 3 is 2.48 bits per heavy atom. The Kier molecular flexibility index (Phi) is 5.57. The summed E-state index contributed by atoms with van der Waals surface area (Å²) in [5.41, 5.74) is 1.79. The van der Waals surface area contributed by atoms with Gasteiger partial charge in [-0.15, -0.1) is 0 Å². The van der Waals surface area contributed by atoms with Gasteiger partial charge in [0, 0.05) is 12.0 Å². The van der Waals surface area contributed by atoms with Gasteiger partial charge in [0.05, 0.1) is 5.02 Å². The van der Waals surface area contributed by atoms with E-state index in [9.17, 15) is 14.7 Å². The van der Waals surface area contributed by atoms with Crippen molar-refractivity contribution in [2.45, 2.75) is 19.4 Å². The van der Waals surface area contributed by atoms with E-state index < -0.39 is 17.9 Å². The van der Waals surface area contributed by atoms with Crippen LogP contribution in [0.4, 0.5) is 0 Å². The van der Waals surface area contributed by atoms with Crippen molar-refractivity contribution >= 4 is 23.5 Å². The summed E-state index contributed by atoms with van der Waals surface area (Å²) < 4.78 is 5.17. The number of amides is 1. The molecule has 27 heavy (non-hydrogen) atoms. The van der Waals surface area contributed by atoms with Crippen molar-refractivity contribution in [2.24, 2.45) is 0 Å². The largest absolute Gasteiger partial charge is 0.480 e. The van der Waals surface area contributed by atoms with Gasteiger partial charge in [-0.1, -0.05) is 65.3 Å². The van der Waals surface area contributed by atoms with Crippen LogP contribution in [0, 0.1) is 6.92 Å². The summed E-state index contributed by atoms with van der Waals surface area (Å²) >= 11 is 6.20. The lowest BCUT2D eigenvalue weighted by atomic mass is 10.0. The maximum atomic E-state index is 12.8. The lowest BCUT2D eigenvalue weighted by Gasteiger charge is -2.15. The third-order valence-electron chi connectivity index (χ3n) is 4.10. The van der Waals surface area contributed by atoms with E-state index in [0.29, 0.717) is 10.6 Å². The number of carbonyl (C=O) groups is 2. The average Bonchev–Trinajstić information content (AvgIpc) is 3.03. The number of aryl methyl sites for hydroxylation is 1. The number of nitrogens with zero attached hydrogens (tertiary/aromatic N) is 1. The molecule has 1 unspecified atom stereocenters. The van der Waals surface area contributed by atoms with E-state index in [4.69, 9.17) is 16.1 Å². The summed E-state index contributed by atoms with van der Waals surface area (Å²) in [6, 6.07) is 14.9. The fourth-order valence-corrected chi connectivity index (χ4v) is 2.98. The molecule has 2 N–H and O–H groups in total. The Balaban J connectivity index is 1.88. The number of benzene rings is 2. The maximum Gasteiger partial charge on any atom is 0.326 e. The lowest BCUT2D eigenvalue weighted by Crippen LogP contribution is -2.42. The number of rotatable bonds is 6. The maximum absolute atomic E-state index is 12.8. The Morgan fingerprint density at radius 1 is 1.15 bits per heavy atom. The number of hydrogen-bond donors (Lipinski definition) is 2. The van der Waals surface area contributed by atoms with E-state index in [1.807, 2.05) is 30.3 Å². The van der Waals surface area contributed by atoms with Gasteiger partial charge >= 0.3 is 5.97 Å². The Labute approximate surface area is 160 Å². The zero-order valence-corrected chi connectivity index (χ0v) is 15.2. The lowest BCUT2D eigenvalue weighted by molar-refractivity contribution is -0.139. The quantitative estimate of drug-likeness (QED) is 0.675. The van der Waals surface area contributed by atoms with Crippen molar-refractivity contribution < 1.29 is 19.2 Å². The third kappa shape index (κ3) is 4.17. The number of carbonyl (C=O) groups excluding carboxylic acids is 1. The van der Waals surface area contributed by atoms with Gasteiger partial charge in [0.1, 0.15) is 23.1 Å². The molecule has 138 valence electrons. The minimum atomic E-state index is -1.12. The van der Waals surface area contributed by atoms with Crippen LogP contribution in [-0.2, 0) is 11.2 Å². The summed E-state index contributed by atoms with van der Waals surface area (Å²) in [6.07, 6.45) is 0.160. The van der Waals surface area contributed by atoms with Crippen molar-refractivity contribution in [1.82, 2.24) is 10.5 Å². The van der Waals surface area contributed by atoms with Gasteiger partial charge in [-0.25, -0.2) is 4.79 Å². The number of aromatic nitrogens is 1. The normalized spacial score (nSPS) is 11.8. The highest BCUT2D eigenvalue weighted by molar-refractivity contribution is 6.33. The molecule has 0 bridgehead atoms. The SMILES string of the molecule is Cc1onc(-c2ccccc2Cl)c1C(=O)NC(Cc1ccccc1)C(=O)O. The minimum Gasteiger partial charge on any atom is -0.480 e. The molecule has 0 radical (unpaired) electrons. The molecular formula is C20H17ClN2O4. The summed E-state index contributed by atoms with van der Waals surface area (Å²) in [5.74, 6) is -1.42. The van der Waals surface area contributed by atoms with Gasteiger partial charge in [0.15, 0.2) is 0 Å². The first kappa shape index (κ1) is 18.7. The topological polar surface area (TPSA) is 92.4 Å². The number of halogens is 1. The first-order valence-corrected chi connectivity index (χ1v) is 8.64. The molecule has 1 atom stereocenters. The fourth-order valence-electron chi connectivity index (χ4n) is 2.76. The Morgan fingerprint density at radius 2 is 1.81 bits per heavy atom. The predicted octanol–water partition coefficient (Wildman–Crippen LogP) is 3.73. The molecule has 0 spiro atoms. The second-order valence-corrected chi connectivity index (χ2v) is 6.40. The van der Waals surface area contributed by atoms with Gasteiger partial charge in [0.25, 0.3) is 5.91 Å². The molecule has 0 saturated carbocycles. The van der Waals surface area contributed by atoms with E-state index in [1.54, 1.807) is 31.2 Å². The van der Waals surface area contributed by atoms with E-state index in [1.165, 1.54) is 0 Å². The molecule has 3 rings (SSSR count). The van der Waals surface area contributed by atoms with Crippen LogP contribution in [0.1, 0.15) is 21.7 Å². The van der Waals surface area contributed by atoms with Crippen molar-refractivity contribution in [3.63, 3.8) is 0 Å². The van der Waals surface area contributed by atoms with E-state index in [0.717, 1.165) is 5.56 Å². The molecule has 6 nitrogen and oxygen atoms in total. The standard InChI is InChI=1S/C20H17ClN2O4/c1-12-17(18(23-27-12)14-9-5-6-10-15(14)21)19(24)22-16(20(25)26)11-13-7-3-2-4-8-13/h2-10,16H,11H2,1H3,(H,22,24)(H,25,26). The van der Waals surface area contributed by atoms with E-state index >= 15 is 0 Å². The molecule has 1 amide bonds. The van der Waals surface area contributed by atoms with Gasteiger partial charge in [-0.05, 0) is 18.6 Å². The minimum absolute atomic E-state index is 0.160. The van der Waals surface area contributed by atoms with Crippen LogP contribution in [0.2, 0.25) is 5.02 Å². The van der Waals surface area contributed by atoms with Crippen LogP contribution in [0.15, 0.2) is 59.1 Å². The fraction of sp³-hybridized carbons (Fsp3) is 0.150. The number of nitrogens with one attached hydrogen (secondary N) is 1. The Bertz CT molecular complexity index is 969. The zero-order valence-electron chi connectivity index (χ0n) is 14.5. The molecular weight excluding hydrogens is 368 g/mol. The van der Waals surface area contributed by atoms with Crippen molar-refractivity contribution in [3.05, 3.63) is 76.5 Å². The van der Waals surface area contributed by atoms with Crippen molar-refractivity contribution in [2.75, 3.05) is 0 Å². The number of aliphatic carboxylic acids is 1. The highest BCUT2D eigenvalue weighted by atomic mass is 35.5. The molecule has 7 heteroatoms. The van der Waals surface area contributed by atoms with Gasteiger partial charge in [-0.2, -0.15) is 0 Å². The van der Waals surface area contributed by atoms with Crippen LogP contribution >= 0.6 is 11.6 Å². The summed E-state index contributed by atoms with van der Waals surface area (Å²) in [7, 11) is 0. The first-order chi connectivity index (χ1) is 13.0. The molecule has 0 aliphatic heterocycles. The number of hydrogen-bond acceptors (Lipinski definition) is 4. The molecule has 0 aliphatic rings. The monoisotopic (exact) mass is 384 g/mol. The second kappa shape index (κ2) is 8.05. The molecule has 0 aliphatic carbocycles. The molecule has 0 saturated heterocycles. The molecule has 2 aromatic carbocycles. The van der Waals surface area contributed by atoms with Crippen LogP contribution in [-0.4, -0.2) is 28.2 Å².